The average molecular weight is 472 g/mol. The van der Waals surface area contributed by atoms with Crippen LogP contribution in [-0.4, -0.2) is 23.5 Å². The molecule has 1 aliphatic carbocycles. The Morgan fingerprint density at radius 3 is 2.34 bits per heavy atom. The van der Waals surface area contributed by atoms with E-state index in [0.717, 1.165) is 50.6 Å². The summed E-state index contributed by atoms with van der Waals surface area (Å²) in [6.45, 7) is 7.89. The summed E-state index contributed by atoms with van der Waals surface area (Å²) in [5, 5.41) is 11.6. The molecule has 0 heterocycles. The van der Waals surface area contributed by atoms with E-state index >= 15 is 0 Å². The molecule has 1 aliphatic rings. The van der Waals surface area contributed by atoms with E-state index in [4.69, 9.17) is 23.2 Å². The molecule has 2 aromatic carbocycles. The maximum absolute atomic E-state index is 10.5. The van der Waals surface area contributed by atoms with Crippen molar-refractivity contribution in [2.45, 2.75) is 83.2 Å². The van der Waals surface area contributed by atoms with Gasteiger partial charge in [0, 0.05) is 18.6 Å². The third-order valence-corrected chi connectivity index (χ3v) is 8.15. The summed E-state index contributed by atoms with van der Waals surface area (Å²) in [5.74, 6) is 0.402. The number of halogens is 2. The highest BCUT2D eigenvalue weighted by Gasteiger charge is 2.44. The molecule has 2 aromatic rings. The Bertz CT molecular complexity index is 901. The Hall–Kier alpha value is -1.53. The first kappa shape index (κ1) is 25.1. The third-order valence-electron chi connectivity index (χ3n) is 7.41. The van der Waals surface area contributed by atoms with Crippen LogP contribution in [0.2, 0.25) is 10.0 Å². The molecule has 172 valence electrons. The molecule has 1 fully saturated rings. The summed E-state index contributed by atoms with van der Waals surface area (Å²) in [6, 6.07) is 20.2. The van der Waals surface area contributed by atoms with Crippen molar-refractivity contribution in [3.05, 3.63) is 69.7 Å². The van der Waals surface area contributed by atoms with Gasteiger partial charge in [-0.25, -0.2) is 0 Å². The van der Waals surface area contributed by atoms with E-state index < -0.39 is 5.41 Å². The van der Waals surface area contributed by atoms with Crippen LogP contribution in [-0.2, 0) is 11.8 Å². The maximum Gasteiger partial charge on any atom is 0.0851 e. The molecule has 0 bridgehead atoms. The largest absolute Gasteiger partial charge is 0.298 e. The van der Waals surface area contributed by atoms with Gasteiger partial charge >= 0.3 is 0 Å². The van der Waals surface area contributed by atoms with Crippen LogP contribution in [0, 0.1) is 17.2 Å². The number of rotatable bonds is 11. The second-order valence-electron chi connectivity index (χ2n) is 9.51. The summed E-state index contributed by atoms with van der Waals surface area (Å²) in [7, 11) is 0. The fourth-order valence-corrected chi connectivity index (χ4v) is 5.53. The standard InChI is InChI=1S/C28H36Cl2N2/c1-4-25(32(21(2)3)18-16-22-9-6-5-7-10-22)15-17-28(20-31,23-11-8-12-23)24-13-14-26(29)27(30)19-24/h5-7,9-10,13-14,19,21,23,25H,4,8,11-12,15-18H2,1-3H3. The molecule has 2 unspecified atom stereocenters. The summed E-state index contributed by atoms with van der Waals surface area (Å²) in [4.78, 5) is 2.63. The van der Waals surface area contributed by atoms with E-state index in [9.17, 15) is 5.26 Å². The predicted octanol–water partition coefficient (Wildman–Crippen LogP) is 8.07. The Kier molecular flexibility index (Phi) is 9.06. The summed E-state index contributed by atoms with van der Waals surface area (Å²) >= 11 is 12.6. The molecule has 32 heavy (non-hydrogen) atoms. The summed E-state index contributed by atoms with van der Waals surface area (Å²) in [6.07, 6.45) is 7.45. The van der Waals surface area contributed by atoms with Crippen molar-refractivity contribution in [1.82, 2.24) is 4.90 Å². The van der Waals surface area contributed by atoms with Crippen LogP contribution >= 0.6 is 23.2 Å². The number of hydrogen-bond donors (Lipinski definition) is 0. The van der Waals surface area contributed by atoms with Crippen LogP contribution in [0.5, 0.6) is 0 Å². The van der Waals surface area contributed by atoms with Gasteiger partial charge in [-0.2, -0.15) is 5.26 Å². The number of nitrogens with zero attached hydrogens (tertiary/aromatic N) is 2. The van der Waals surface area contributed by atoms with E-state index in [1.807, 2.05) is 18.2 Å². The lowest BCUT2D eigenvalue weighted by Gasteiger charge is -2.43. The lowest BCUT2D eigenvalue weighted by molar-refractivity contribution is 0.122. The first-order chi connectivity index (χ1) is 15.4. The zero-order chi connectivity index (χ0) is 23.1. The second-order valence-corrected chi connectivity index (χ2v) is 10.3. The van der Waals surface area contributed by atoms with E-state index in [-0.39, 0.29) is 0 Å². The van der Waals surface area contributed by atoms with Gasteiger partial charge in [0.1, 0.15) is 0 Å². The van der Waals surface area contributed by atoms with Crippen LogP contribution in [0.1, 0.15) is 70.4 Å². The van der Waals surface area contributed by atoms with Crippen LogP contribution in [0.4, 0.5) is 0 Å². The zero-order valence-electron chi connectivity index (χ0n) is 19.7. The van der Waals surface area contributed by atoms with Gasteiger partial charge in [-0.3, -0.25) is 4.90 Å². The quantitative estimate of drug-likeness (QED) is 0.331. The molecule has 2 atom stereocenters. The highest BCUT2D eigenvalue weighted by molar-refractivity contribution is 6.42. The molecule has 0 spiro atoms. The van der Waals surface area contributed by atoms with Crippen LogP contribution in [0.25, 0.3) is 0 Å². The monoisotopic (exact) mass is 470 g/mol. The van der Waals surface area contributed by atoms with Gasteiger partial charge in [-0.15, -0.1) is 0 Å². The molecule has 0 radical (unpaired) electrons. The predicted molar refractivity (Wildman–Crippen MR) is 136 cm³/mol. The van der Waals surface area contributed by atoms with Crippen molar-refractivity contribution in [1.29, 1.82) is 5.26 Å². The van der Waals surface area contributed by atoms with Crippen molar-refractivity contribution in [3.8, 4) is 6.07 Å². The normalized spacial score (nSPS) is 17.1. The highest BCUT2D eigenvalue weighted by Crippen LogP contribution is 2.48. The first-order valence-electron chi connectivity index (χ1n) is 12.1. The molecule has 2 nitrogen and oxygen atoms in total. The second kappa shape index (κ2) is 11.6. The van der Waals surface area contributed by atoms with Crippen molar-refractivity contribution >= 4 is 23.2 Å². The number of benzene rings is 2. The fraction of sp³-hybridized carbons (Fsp3) is 0.536. The summed E-state index contributed by atoms with van der Waals surface area (Å²) in [5.41, 5.74) is 1.93. The molecule has 0 amide bonds. The smallest absolute Gasteiger partial charge is 0.0851 e. The molecule has 0 N–H and O–H groups in total. The number of nitriles is 1. The number of hydrogen-bond acceptors (Lipinski definition) is 2. The van der Waals surface area contributed by atoms with Crippen LogP contribution in [0.3, 0.4) is 0 Å². The van der Waals surface area contributed by atoms with E-state index in [1.165, 1.54) is 12.0 Å². The Labute approximate surface area is 204 Å². The van der Waals surface area contributed by atoms with E-state index in [0.29, 0.717) is 28.0 Å². The molecule has 3 rings (SSSR count). The molecule has 4 heteroatoms. The third kappa shape index (κ3) is 5.69. The molecule has 0 aliphatic heterocycles. The van der Waals surface area contributed by atoms with Gasteiger partial charge in [0.05, 0.1) is 21.5 Å². The lowest BCUT2D eigenvalue weighted by atomic mass is 9.60. The van der Waals surface area contributed by atoms with Crippen molar-refractivity contribution in [2.24, 2.45) is 5.92 Å². The van der Waals surface area contributed by atoms with Crippen LogP contribution < -0.4 is 0 Å². The molecule has 0 aromatic heterocycles. The zero-order valence-corrected chi connectivity index (χ0v) is 21.2. The topological polar surface area (TPSA) is 27.0 Å². The maximum atomic E-state index is 10.5. The summed E-state index contributed by atoms with van der Waals surface area (Å²) < 4.78 is 0. The van der Waals surface area contributed by atoms with Gasteiger partial charge in [0.2, 0.25) is 0 Å². The van der Waals surface area contributed by atoms with Gasteiger partial charge < -0.3 is 0 Å². The van der Waals surface area contributed by atoms with Crippen molar-refractivity contribution < 1.29 is 0 Å². The molecular weight excluding hydrogens is 435 g/mol. The van der Waals surface area contributed by atoms with Gasteiger partial charge in [0.15, 0.2) is 0 Å². The van der Waals surface area contributed by atoms with E-state index in [1.54, 1.807) is 0 Å². The minimum atomic E-state index is -0.484. The van der Waals surface area contributed by atoms with Crippen LogP contribution in [0.15, 0.2) is 48.5 Å². The minimum Gasteiger partial charge on any atom is -0.298 e. The van der Waals surface area contributed by atoms with Gasteiger partial charge in [-0.05, 0) is 81.5 Å². The molecular formula is C28H36Cl2N2. The van der Waals surface area contributed by atoms with Gasteiger partial charge in [0.25, 0.3) is 0 Å². The van der Waals surface area contributed by atoms with Crippen molar-refractivity contribution in [3.63, 3.8) is 0 Å². The lowest BCUT2D eigenvalue weighted by Crippen LogP contribution is -2.44. The average Bonchev–Trinajstić information content (AvgIpc) is 2.76. The Morgan fingerprint density at radius 2 is 1.81 bits per heavy atom. The minimum absolute atomic E-state index is 0.402. The SMILES string of the molecule is CCC(CCC(C#N)(c1ccc(Cl)c(Cl)c1)C1CCC1)N(CCc1ccccc1)C(C)C. The van der Waals surface area contributed by atoms with Gasteiger partial charge in [-0.1, -0.05) is 72.9 Å². The molecule has 1 saturated carbocycles. The van der Waals surface area contributed by atoms with Crippen molar-refractivity contribution in [2.75, 3.05) is 6.54 Å². The highest BCUT2D eigenvalue weighted by atomic mass is 35.5. The fourth-order valence-electron chi connectivity index (χ4n) is 5.23. The molecule has 0 saturated heterocycles. The Morgan fingerprint density at radius 1 is 1.09 bits per heavy atom. The first-order valence-corrected chi connectivity index (χ1v) is 12.8. The van der Waals surface area contributed by atoms with E-state index in [2.05, 4.69) is 62.1 Å². The Balaban J connectivity index is 1.79.